The first-order valence-corrected chi connectivity index (χ1v) is 21.0. The Morgan fingerprint density at radius 1 is 0.815 bits per heavy atom. The number of nitrogens with two attached hydrogens (primary N) is 2. The third-order valence-electron chi connectivity index (χ3n) is 9.96. The monoisotopic (exact) mass is 881 g/mol. The van der Waals surface area contributed by atoms with Gasteiger partial charge in [-0.2, -0.15) is 0 Å². The summed E-state index contributed by atoms with van der Waals surface area (Å²) in [6.45, 7) is 3.50. The Hall–Kier alpha value is -7.91. The van der Waals surface area contributed by atoms with Crippen molar-refractivity contribution >= 4 is 47.8 Å². The van der Waals surface area contributed by atoms with Crippen LogP contribution in [0.2, 0.25) is 0 Å². The number of ether oxygens (including phenoxy) is 1. The van der Waals surface area contributed by atoms with Crippen molar-refractivity contribution in [2.75, 3.05) is 37.4 Å². The van der Waals surface area contributed by atoms with Crippen LogP contribution in [-0.4, -0.2) is 79.2 Å². The summed E-state index contributed by atoms with van der Waals surface area (Å²) in [4.78, 5) is 73.5. The van der Waals surface area contributed by atoms with Crippen molar-refractivity contribution < 1.29 is 37.9 Å². The molecule has 1 aliphatic heterocycles. The number of hydrogen-bond acceptors (Lipinski definition) is 10. The number of benzene rings is 4. The summed E-state index contributed by atoms with van der Waals surface area (Å²) in [5.41, 5.74) is 16.1. The summed E-state index contributed by atoms with van der Waals surface area (Å²) in [5, 5.41) is 8.55. The number of pyridine rings is 1. The lowest BCUT2D eigenvalue weighted by Gasteiger charge is -2.26. The summed E-state index contributed by atoms with van der Waals surface area (Å²) in [7, 11) is 1.61. The van der Waals surface area contributed by atoms with E-state index >= 15 is 0 Å². The zero-order valence-electron chi connectivity index (χ0n) is 36.4. The van der Waals surface area contributed by atoms with Gasteiger partial charge in [-0.25, -0.2) is 0 Å². The van der Waals surface area contributed by atoms with Gasteiger partial charge in [-0.1, -0.05) is 98.3 Å². The second kappa shape index (κ2) is 27.2. The number of anilines is 2. The molecule has 0 fully saturated rings. The number of nitrogens with zero attached hydrogens (tertiary/aromatic N) is 2. The zero-order chi connectivity index (χ0) is 46.8. The number of carbonyl (C=O) groups excluding carboxylic acids is 6. The zero-order valence-corrected chi connectivity index (χ0v) is 36.4. The van der Waals surface area contributed by atoms with E-state index in [0.717, 1.165) is 34.4 Å². The number of carbonyl (C=O) groups is 6. The maximum Gasteiger partial charge on any atom is 0.291 e. The third kappa shape index (κ3) is 15.1. The van der Waals surface area contributed by atoms with Gasteiger partial charge in [0.15, 0.2) is 5.76 Å². The molecule has 6 amide bonds. The molecule has 0 saturated heterocycles. The van der Waals surface area contributed by atoms with Gasteiger partial charge in [-0.15, -0.1) is 0 Å². The van der Waals surface area contributed by atoms with Crippen molar-refractivity contribution in [2.24, 2.45) is 11.5 Å². The van der Waals surface area contributed by atoms with E-state index in [2.05, 4.69) is 38.8 Å². The number of furan rings is 1. The van der Waals surface area contributed by atoms with Crippen molar-refractivity contribution in [3.05, 3.63) is 174 Å². The van der Waals surface area contributed by atoms with Gasteiger partial charge in [0.1, 0.15) is 0 Å². The number of aromatic nitrogens is 1. The maximum atomic E-state index is 13.0. The van der Waals surface area contributed by atoms with Crippen molar-refractivity contribution in [1.82, 2.24) is 15.2 Å². The molecule has 0 spiro atoms. The number of imide groups is 1. The van der Waals surface area contributed by atoms with E-state index in [9.17, 15) is 24.0 Å². The summed E-state index contributed by atoms with van der Waals surface area (Å²) >= 11 is 0. The molecule has 2 aromatic heterocycles. The maximum absolute atomic E-state index is 13.0. The molecule has 4 aromatic carbocycles. The van der Waals surface area contributed by atoms with Gasteiger partial charge < -0.3 is 36.6 Å². The fourth-order valence-electron chi connectivity index (χ4n) is 6.91. The Bertz CT molecular complexity index is 2380. The minimum atomic E-state index is -0.306. The van der Waals surface area contributed by atoms with Crippen LogP contribution in [0, 0.1) is 0 Å². The molecular formula is C50H55N7O8. The van der Waals surface area contributed by atoms with Crippen LogP contribution in [0.25, 0.3) is 11.1 Å². The van der Waals surface area contributed by atoms with Crippen LogP contribution >= 0.6 is 0 Å². The second-order valence-corrected chi connectivity index (χ2v) is 14.4. The van der Waals surface area contributed by atoms with Crippen LogP contribution in [0.15, 0.2) is 150 Å². The predicted octanol–water partition coefficient (Wildman–Crippen LogP) is 6.84. The highest BCUT2D eigenvalue weighted by atomic mass is 16.5. The van der Waals surface area contributed by atoms with Crippen molar-refractivity contribution in [3.63, 3.8) is 0 Å². The molecule has 6 aromatic rings. The van der Waals surface area contributed by atoms with Crippen LogP contribution in [0.4, 0.5) is 11.4 Å². The Balaban J connectivity index is 0.000000210. The molecule has 2 unspecified atom stereocenters. The van der Waals surface area contributed by atoms with Crippen LogP contribution in [0.3, 0.4) is 0 Å². The predicted molar refractivity (Wildman–Crippen MR) is 250 cm³/mol. The summed E-state index contributed by atoms with van der Waals surface area (Å²) in [6, 6.07) is 39.6. The van der Waals surface area contributed by atoms with Crippen LogP contribution in [0.5, 0.6) is 0 Å². The van der Waals surface area contributed by atoms with Gasteiger partial charge in [0.25, 0.3) is 17.7 Å². The Labute approximate surface area is 378 Å². The molecule has 0 aliphatic carbocycles. The van der Waals surface area contributed by atoms with E-state index in [0.29, 0.717) is 67.9 Å². The molecule has 3 heterocycles. The van der Waals surface area contributed by atoms with Crippen LogP contribution in [-0.2, 0) is 25.5 Å². The van der Waals surface area contributed by atoms with Crippen LogP contribution < -0.4 is 27.4 Å². The third-order valence-corrected chi connectivity index (χ3v) is 9.96. The molecule has 15 nitrogen and oxygen atoms in total. The lowest BCUT2D eigenvalue weighted by molar-refractivity contribution is -0.119. The number of rotatable bonds is 18. The second-order valence-electron chi connectivity index (χ2n) is 14.4. The first-order chi connectivity index (χ1) is 31.7. The fraction of sp³-hybridized carbons (Fsp3) is 0.220. The van der Waals surface area contributed by atoms with E-state index in [-0.39, 0.29) is 42.0 Å². The molecule has 65 heavy (non-hydrogen) atoms. The molecule has 15 heteroatoms. The first kappa shape index (κ1) is 49.7. The summed E-state index contributed by atoms with van der Waals surface area (Å²) in [6.07, 6.45) is 8.52. The van der Waals surface area contributed by atoms with Gasteiger partial charge in [-0.3, -0.25) is 38.7 Å². The minimum Gasteiger partial charge on any atom is -0.459 e. The minimum absolute atomic E-state index is 0.225. The van der Waals surface area contributed by atoms with Gasteiger partial charge in [-0.05, 0) is 84.0 Å². The number of amides is 6. The quantitative estimate of drug-likeness (QED) is 0.0343. The van der Waals surface area contributed by atoms with Gasteiger partial charge >= 0.3 is 0 Å². The number of methoxy groups -OCH3 is 1. The van der Waals surface area contributed by atoms with Crippen LogP contribution in [0.1, 0.15) is 74.5 Å². The summed E-state index contributed by atoms with van der Waals surface area (Å²) in [5.74, 6) is -1.08. The summed E-state index contributed by atoms with van der Waals surface area (Å²) < 4.78 is 10.1. The molecule has 7 rings (SSSR count). The molecule has 338 valence electrons. The van der Waals surface area contributed by atoms with E-state index in [1.807, 2.05) is 91.9 Å². The van der Waals surface area contributed by atoms with Crippen molar-refractivity contribution in [2.45, 2.75) is 44.6 Å². The first-order valence-electron chi connectivity index (χ1n) is 21.0. The molecular weight excluding hydrogens is 827 g/mol. The highest BCUT2D eigenvalue weighted by Crippen LogP contribution is 2.32. The lowest BCUT2D eigenvalue weighted by Crippen LogP contribution is -2.41. The molecule has 1 aliphatic rings. The number of fused-ring (bicyclic) bond motifs is 1. The normalized spacial score (nSPS) is 12.0. The van der Waals surface area contributed by atoms with E-state index in [4.69, 9.17) is 19.7 Å². The highest BCUT2D eigenvalue weighted by molar-refractivity contribution is 6.24. The average molecular weight is 882 g/mol. The fourth-order valence-corrected chi connectivity index (χ4v) is 6.91. The molecule has 2 atom stereocenters. The van der Waals surface area contributed by atoms with Gasteiger partial charge in [0, 0.05) is 50.0 Å². The molecule has 7 N–H and O–H groups in total. The van der Waals surface area contributed by atoms with Crippen molar-refractivity contribution in [1.29, 1.82) is 0 Å². The van der Waals surface area contributed by atoms with Crippen molar-refractivity contribution in [3.8, 4) is 11.1 Å². The van der Waals surface area contributed by atoms with Gasteiger partial charge in [0.2, 0.25) is 18.7 Å². The van der Waals surface area contributed by atoms with E-state index < -0.39 is 0 Å². The highest BCUT2D eigenvalue weighted by Gasteiger charge is 2.41. The standard InChI is InChI=1S/C18H25N3O4.C17H13NO2.C14H14N2O.CH3NO/c1-3-5-13(8-9-19-12-22)21-17(23)14-6-4-7-15(16(14)18(21)24)20-10-11-25-2;19-17(16-7-4-12-20-16)18-15-10-8-14(9-11-15)13-5-2-1-3-6-13;15-14(17)13(12-6-2-1-3-7-12)9-11-5-4-8-16-10-11;2-1-3/h4,6-7,12-13,20H,3,5,8-11H2,1-2H3,(H,19,22);1-12H,(H,18,19);1-8,10,13H,9H2,(H2,15,17);1H,(H2,2,3). The van der Waals surface area contributed by atoms with E-state index in [1.165, 1.54) is 11.2 Å². The smallest absolute Gasteiger partial charge is 0.291 e. The largest absolute Gasteiger partial charge is 0.459 e. The number of nitrogens with one attached hydrogen (secondary N) is 3. The lowest BCUT2D eigenvalue weighted by atomic mass is 9.92. The topological polar surface area (TPSA) is 229 Å². The molecule has 0 bridgehead atoms. The average Bonchev–Trinajstić information content (AvgIpc) is 3.97. The SMILES string of the molecule is CCCC(CCNC=O)N1C(=O)c2cccc(NCCOC)c2C1=O.NC(=O)C(Cc1cccnc1)c1ccccc1.NC=O.O=C(Nc1ccc(-c2ccccc2)cc1)c1ccco1. The number of primary amides is 2. The molecule has 0 saturated carbocycles. The Kier molecular flexibility index (Phi) is 20.8. The Morgan fingerprint density at radius 2 is 1.51 bits per heavy atom. The van der Waals surface area contributed by atoms with Gasteiger partial charge in [0.05, 0.1) is 29.9 Å². The molecule has 0 radical (unpaired) electrons. The number of hydrogen-bond donors (Lipinski definition) is 5. The van der Waals surface area contributed by atoms with E-state index in [1.54, 1.807) is 49.8 Å². The Morgan fingerprint density at radius 3 is 2.11 bits per heavy atom.